The van der Waals surface area contributed by atoms with E-state index in [1.165, 1.54) is 10.6 Å². The molecule has 0 saturated carbocycles. The van der Waals surface area contributed by atoms with Crippen LogP contribution in [0.25, 0.3) is 0 Å². The molecule has 1 aromatic carbocycles. The fourth-order valence-electron chi connectivity index (χ4n) is 3.20. The van der Waals surface area contributed by atoms with E-state index in [1.807, 2.05) is 24.3 Å². The van der Waals surface area contributed by atoms with E-state index in [1.54, 1.807) is 4.90 Å². The molecule has 1 saturated heterocycles. The van der Waals surface area contributed by atoms with Gasteiger partial charge < -0.3 is 9.64 Å². The fraction of sp³-hybridized carbons (Fsp3) is 0.562. The number of carbonyl (C=O) groups is 1. The van der Waals surface area contributed by atoms with Gasteiger partial charge in [0, 0.05) is 32.1 Å². The number of fused-ring (bicyclic) bond motifs is 1. The monoisotopic (exact) mass is 338 g/mol. The fourth-order valence-corrected chi connectivity index (χ4v) is 4.03. The molecule has 1 unspecified atom stereocenters. The number of rotatable bonds is 2. The molecule has 0 aromatic heterocycles. The third-order valence-electron chi connectivity index (χ3n) is 4.53. The molecule has 126 valence electrons. The number of carbonyl (C=O) groups excluding carboxylic acids is 1. The van der Waals surface area contributed by atoms with Crippen LogP contribution < -0.4 is 4.74 Å². The highest BCUT2D eigenvalue weighted by atomic mass is 32.2. The second kappa shape index (κ2) is 6.49. The van der Waals surface area contributed by atoms with E-state index in [9.17, 15) is 13.2 Å². The molecule has 2 aliphatic heterocycles. The van der Waals surface area contributed by atoms with Gasteiger partial charge in [0.1, 0.15) is 5.75 Å². The summed E-state index contributed by atoms with van der Waals surface area (Å²) in [5, 5.41) is 0. The standard InChI is InChI=1S/C16H22N2O4S/c1-23(20,21)18-9-7-17(8-10-18)16(19)14-6-11-22-15-5-3-2-4-13(15)12-14/h2-5,14H,6-12H2,1H3. The van der Waals surface area contributed by atoms with E-state index in [2.05, 4.69) is 0 Å². The lowest BCUT2D eigenvalue weighted by Crippen LogP contribution is -2.51. The van der Waals surface area contributed by atoms with Gasteiger partial charge in [0.25, 0.3) is 0 Å². The second-order valence-electron chi connectivity index (χ2n) is 6.13. The molecule has 23 heavy (non-hydrogen) atoms. The lowest BCUT2D eigenvalue weighted by Gasteiger charge is -2.35. The van der Waals surface area contributed by atoms with Gasteiger partial charge in [-0.25, -0.2) is 8.42 Å². The third kappa shape index (κ3) is 3.67. The van der Waals surface area contributed by atoms with Crippen molar-refractivity contribution < 1.29 is 17.9 Å². The smallest absolute Gasteiger partial charge is 0.226 e. The van der Waals surface area contributed by atoms with Gasteiger partial charge in [-0.1, -0.05) is 18.2 Å². The number of benzene rings is 1. The number of sulfonamides is 1. The summed E-state index contributed by atoms with van der Waals surface area (Å²) in [6, 6.07) is 7.83. The number of ether oxygens (including phenoxy) is 1. The minimum absolute atomic E-state index is 0.0940. The normalized spacial score (nSPS) is 22.8. The van der Waals surface area contributed by atoms with Crippen LogP contribution in [0.1, 0.15) is 12.0 Å². The van der Waals surface area contributed by atoms with Crippen LogP contribution in [0, 0.1) is 5.92 Å². The van der Waals surface area contributed by atoms with Gasteiger partial charge in [-0.15, -0.1) is 0 Å². The largest absolute Gasteiger partial charge is 0.493 e. The molecule has 0 spiro atoms. The number of nitrogens with zero attached hydrogens (tertiary/aromatic N) is 2. The summed E-state index contributed by atoms with van der Waals surface area (Å²) in [5.41, 5.74) is 1.07. The van der Waals surface area contributed by atoms with Gasteiger partial charge in [0.05, 0.1) is 12.9 Å². The van der Waals surface area contributed by atoms with Crippen LogP contribution in [0.5, 0.6) is 5.75 Å². The van der Waals surface area contributed by atoms with Crippen molar-refractivity contribution in [1.82, 2.24) is 9.21 Å². The van der Waals surface area contributed by atoms with Crippen LogP contribution in [0.15, 0.2) is 24.3 Å². The SMILES string of the molecule is CS(=O)(=O)N1CCN(C(=O)C2CCOc3ccccc3C2)CC1. The first-order valence-electron chi connectivity index (χ1n) is 7.90. The molecule has 0 bridgehead atoms. The van der Waals surface area contributed by atoms with Crippen molar-refractivity contribution in [3.8, 4) is 5.75 Å². The Morgan fingerprint density at radius 2 is 1.87 bits per heavy atom. The van der Waals surface area contributed by atoms with Crippen LogP contribution >= 0.6 is 0 Å². The zero-order valence-electron chi connectivity index (χ0n) is 13.3. The van der Waals surface area contributed by atoms with Crippen molar-refractivity contribution in [2.75, 3.05) is 39.0 Å². The molecule has 0 N–H and O–H groups in total. The van der Waals surface area contributed by atoms with Crippen LogP contribution in [-0.4, -0.2) is 62.6 Å². The molecule has 0 aliphatic carbocycles. The predicted octanol–water partition coefficient (Wildman–Crippen LogP) is 0.732. The Hall–Kier alpha value is -1.60. The number of hydrogen-bond donors (Lipinski definition) is 0. The molecule has 1 atom stereocenters. The lowest BCUT2D eigenvalue weighted by atomic mass is 9.95. The molecule has 1 amide bonds. The minimum atomic E-state index is -3.17. The first kappa shape index (κ1) is 16.3. The van der Waals surface area contributed by atoms with Crippen LogP contribution in [0.3, 0.4) is 0 Å². The Bertz CT molecular complexity index is 681. The maximum Gasteiger partial charge on any atom is 0.226 e. The molecule has 1 aromatic rings. The van der Waals surface area contributed by atoms with Gasteiger partial charge in [0.2, 0.25) is 15.9 Å². The summed E-state index contributed by atoms with van der Waals surface area (Å²) in [7, 11) is -3.17. The Balaban J connectivity index is 1.65. The summed E-state index contributed by atoms with van der Waals surface area (Å²) < 4.78 is 30.3. The average molecular weight is 338 g/mol. The van der Waals surface area contributed by atoms with Crippen molar-refractivity contribution >= 4 is 15.9 Å². The van der Waals surface area contributed by atoms with Gasteiger partial charge in [0.15, 0.2) is 0 Å². The number of piperazine rings is 1. The van der Waals surface area contributed by atoms with Gasteiger partial charge >= 0.3 is 0 Å². The van der Waals surface area contributed by atoms with Gasteiger partial charge in [-0.3, -0.25) is 4.79 Å². The highest BCUT2D eigenvalue weighted by Crippen LogP contribution is 2.27. The first-order valence-corrected chi connectivity index (χ1v) is 9.74. The highest BCUT2D eigenvalue weighted by Gasteiger charge is 2.31. The van der Waals surface area contributed by atoms with Crippen LogP contribution in [0.4, 0.5) is 0 Å². The molecule has 0 radical (unpaired) electrons. The number of amides is 1. The van der Waals surface area contributed by atoms with E-state index in [0.29, 0.717) is 45.6 Å². The van der Waals surface area contributed by atoms with Crippen molar-refractivity contribution in [3.63, 3.8) is 0 Å². The third-order valence-corrected chi connectivity index (χ3v) is 5.83. The summed E-state index contributed by atoms with van der Waals surface area (Å²) in [5.74, 6) is 0.881. The summed E-state index contributed by atoms with van der Waals surface area (Å²) >= 11 is 0. The highest BCUT2D eigenvalue weighted by molar-refractivity contribution is 7.88. The minimum Gasteiger partial charge on any atom is -0.493 e. The topological polar surface area (TPSA) is 66.9 Å². The summed E-state index contributed by atoms with van der Waals surface area (Å²) in [6.07, 6.45) is 2.59. The molecular weight excluding hydrogens is 316 g/mol. The van der Waals surface area contributed by atoms with Crippen molar-refractivity contribution in [3.05, 3.63) is 29.8 Å². The maximum atomic E-state index is 12.8. The van der Waals surface area contributed by atoms with E-state index in [4.69, 9.17) is 4.74 Å². The maximum absolute atomic E-state index is 12.8. The molecule has 2 aliphatic rings. The van der Waals surface area contributed by atoms with E-state index < -0.39 is 10.0 Å². The van der Waals surface area contributed by atoms with Crippen LogP contribution in [-0.2, 0) is 21.2 Å². The zero-order valence-corrected chi connectivity index (χ0v) is 14.1. The molecule has 7 heteroatoms. The Kier molecular flexibility index (Phi) is 4.59. The lowest BCUT2D eigenvalue weighted by molar-refractivity contribution is -0.137. The van der Waals surface area contributed by atoms with E-state index in [-0.39, 0.29) is 11.8 Å². The Morgan fingerprint density at radius 3 is 2.57 bits per heavy atom. The summed E-state index contributed by atoms with van der Waals surface area (Å²) in [6.45, 7) is 2.22. The van der Waals surface area contributed by atoms with E-state index >= 15 is 0 Å². The van der Waals surface area contributed by atoms with Gasteiger partial charge in [-0.05, 0) is 24.5 Å². The quantitative estimate of drug-likeness (QED) is 0.797. The second-order valence-corrected chi connectivity index (χ2v) is 8.12. The summed E-state index contributed by atoms with van der Waals surface area (Å²) in [4.78, 5) is 14.6. The van der Waals surface area contributed by atoms with Crippen molar-refractivity contribution in [2.24, 2.45) is 5.92 Å². The van der Waals surface area contributed by atoms with E-state index in [0.717, 1.165) is 11.3 Å². The Morgan fingerprint density at radius 1 is 1.17 bits per heavy atom. The molecule has 3 rings (SSSR count). The van der Waals surface area contributed by atoms with Crippen LogP contribution in [0.2, 0.25) is 0 Å². The molecule has 2 heterocycles. The predicted molar refractivity (Wildman–Crippen MR) is 86.7 cm³/mol. The van der Waals surface area contributed by atoms with Crippen molar-refractivity contribution in [1.29, 1.82) is 0 Å². The molecular formula is C16H22N2O4S. The molecule has 1 fully saturated rings. The molecule has 6 nitrogen and oxygen atoms in total. The average Bonchev–Trinajstić information content (AvgIpc) is 2.75. The van der Waals surface area contributed by atoms with Crippen molar-refractivity contribution in [2.45, 2.75) is 12.8 Å². The first-order chi connectivity index (χ1) is 10.9. The zero-order chi connectivity index (χ0) is 16.4. The van der Waals surface area contributed by atoms with Gasteiger partial charge in [-0.2, -0.15) is 4.31 Å². The Labute approximate surface area is 137 Å². The number of hydrogen-bond acceptors (Lipinski definition) is 4. The number of para-hydroxylation sites is 1.